The summed E-state index contributed by atoms with van der Waals surface area (Å²) in [7, 11) is 0. The molecule has 0 saturated carbocycles. The number of aldehydes is 1. The number of halogens is 1. The number of nitrogens with zero attached hydrogens (tertiary/aromatic N) is 2. The molecule has 5 amide bonds. The van der Waals surface area contributed by atoms with Crippen molar-refractivity contribution < 1.29 is 37.7 Å². The van der Waals surface area contributed by atoms with E-state index in [1.807, 2.05) is 0 Å². The molecule has 2 fully saturated rings. The molecule has 2 aliphatic rings. The maximum absolute atomic E-state index is 13.5. The Morgan fingerprint density at radius 1 is 1.14 bits per heavy atom. The van der Waals surface area contributed by atoms with Gasteiger partial charge in [-0.15, -0.1) is 0 Å². The number of aryl methyl sites for hydroxylation is 1. The largest absolute Gasteiger partial charge is 0.361 e. The Kier molecular flexibility index (Phi) is 9.99. The average Bonchev–Trinajstić information content (AvgIpc) is 3.62. The molecule has 1 aromatic carbocycles. The van der Waals surface area contributed by atoms with Crippen molar-refractivity contribution in [2.24, 2.45) is 0 Å². The number of hydrogen-bond donors (Lipinski definition) is 4. The third-order valence-corrected chi connectivity index (χ3v) is 7.25. The molecular formula is C28H33FN6O7. The summed E-state index contributed by atoms with van der Waals surface area (Å²) in [6, 6.07) is 2.72. The molecule has 4 atom stereocenters. The first kappa shape index (κ1) is 30.3. The minimum atomic E-state index is -1.34. The van der Waals surface area contributed by atoms with Crippen LogP contribution in [0.3, 0.4) is 0 Å². The molecular weight excluding hydrogens is 551 g/mol. The number of carbonyl (C=O) groups is 6. The highest BCUT2D eigenvalue weighted by molar-refractivity contribution is 5.97. The number of carbonyl (C=O) groups excluding carboxylic acids is 6. The van der Waals surface area contributed by atoms with Crippen molar-refractivity contribution in [2.45, 2.75) is 69.6 Å². The molecule has 4 N–H and O–H groups in total. The molecule has 0 radical (unpaired) electrons. The lowest BCUT2D eigenvalue weighted by Crippen LogP contribution is -2.58. The minimum Gasteiger partial charge on any atom is -0.361 e. The van der Waals surface area contributed by atoms with Crippen LogP contribution in [0.25, 0.3) is 0 Å². The maximum atomic E-state index is 13.5. The highest BCUT2D eigenvalue weighted by Crippen LogP contribution is 2.22. The Morgan fingerprint density at radius 2 is 1.90 bits per heavy atom. The number of rotatable bonds is 5. The number of aromatic nitrogens is 1. The van der Waals surface area contributed by atoms with Gasteiger partial charge in [-0.2, -0.15) is 0 Å². The van der Waals surface area contributed by atoms with Gasteiger partial charge in [-0.3, -0.25) is 24.0 Å². The third kappa shape index (κ3) is 7.98. The number of benzene rings is 1. The molecule has 2 aromatic rings. The fraction of sp³-hybridized carbons (Fsp3) is 0.464. The number of nitrogens with one attached hydrogen (secondary N) is 4. The second kappa shape index (κ2) is 13.8. The topological polar surface area (TPSA) is 180 Å². The standard InChI is InChI=1S/C28H33FN6O7/c1-16-11-22(34-42-16)27(40)33-23-14-30-24(37)13-20-3-2-10-35(20)25(38)9-8-19(15-36)31-26(39)21(32-28(23)41)12-17-4-6-18(29)7-5-17/h4-7,11,15,19-21,23H,2-3,8-10,12-14H2,1H3,(H,30,37)(H,31,39)(H,32,41)(H,33,40)/t19-,20+,21-,23-/m0/s1. The average molecular weight is 585 g/mol. The first-order chi connectivity index (χ1) is 20.1. The zero-order valence-corrected chi connectivity index (χ0v) is 23.1. The summed E-state index contributed by atoms with van der Waals surface area (Å²) < 4.78 is 18.4. The van der Waals surface area contributed by atoms with Gasteiger partial charge in [0.1, 0.15) is 29.9 Å². The van der Waals surface area contributed by atoms with Gasteiger partial charge in [0.2, 0.25) is 23.6 Å². The highest BCUT2D eigenvalue weighted by Gasteiger charge is 2.33. The molecule has 1 aromatic heterocycles. The second-order valence-corrected chi connectivity index (χ2v) is 10.4. The second-order valence-electron chi connectivity index (χ2n) is 10.4. The molecule has 2 saturated heterocycles. The maximum Gasteiger partial charge on any atom is 0.274 e. The van der Waals surface area contributed by atoms with Gasteiger partial charge in [0.15, 0.2) is 5.69 Å². The Hall–Kier alpha value is -4.62. The summed E-state index contributed by atoms with van der Waals surface area (Å²) in [5.41, 5.74) is 0.421. The zero-order valence-electron chi connectivity index (χ0n) is 23.1. The van der Waals surface area contributed by atoms with Crippen molar-refractivity contribution in [1.82, 2.24) is 31.3 Å². The molecule has 3 heterocycles. The van der Waals surface area contributed by atoms with Crippen molar-refractivity contribution in [3.05, 3.63) is 53.2 Å². The number of amides is 5. The van der Waals surface area contributed by atoms with Crippen LogP contribution in [0.4, 0.5) is 4.39 Å². The van der Waals surface area contributed by atoms with E-state index < -0.39 is 47.6 Å². The van der Waals surface area contributed by atoms with Crippen LogP contribution in [-0.4, -0.2) is 83.1 Å². The summed E-state index contributed by atoms with van der Waals surface area (Å²) in [5, 5.41) is 14.0. The summed E-state index contributed by atoms with van der Waals surface area (Å²) in [5.74, 6) is -3.04. The van der Waals surface area contributed by atoms with Gasteiger partial charge in [-0.25, -0.2) is 4.39 Å². The van der Waals surface area contributed by atoms with E-state index in [2.05, 4.69) is 26.4 Å². The van der Waals surface area contributed by atoms with Crippen LogP contribution in [0.5, 0.6) is 0 Å². The van der Waals surface area contributed by atoms with Gasteiger partial charge in [0, 0.05) is 44.5 Å². The van der Waals surface area contributed by atoms with Crippen molar-refractivity contribution in [1.29, 1.82) is 0 Å². The van der Waals surface area contributed by atoms with Crippen molar-refractivity contribution >= 4 is 35.8 Å². The molecule has 4 rings (SSSR count). The Bertz CT molecular complexity index is 1330. The van der Waals surface area contributed by atoms with Crippen molar-refractivity contribution in [3.63, 3.8) is 0 Å². The third-order valence-electron chi connectivity index (χ3n) is 7.25. The minimum absolute atomic E-state index is 0.00244. The molecule has 2 aliphatic heterocycles. The smallest absolute Gasteiger partial charge is 0.274 e. The molecule has 0 aliphatic carbocycles. The van der Waals surface area contributed by atoms with Crippen LogP contribution >= 0.6 is 0 Å². The first-order valence-electron chi connectivity index (χ1n) is 13.7. The van der Waals surface area contributed by atoms with E-state index in [0.717, 1.165) is 0 Å². The van der Waals surface area contributed by atoms with Gasteiger partial charge < -0.3 is 35.5 Å². The van der Waals surface area contributed by atoms with E-state index in [-0.39, 0.29) is 49.9 Å². The highest BCUT2D eigenvalue weighted by atomic mass is 19.1. The van der Waals surface area contributed by atoms with Crippen molar-refractivity contribution in [3.8, 4) is 0 Å². The van der Waals surface area contributed by atoms with Crippen LogP contribution in [0.2, 0.25) is 0 Å². The quantitative estimate of drug-likeness (QED) is 0.352. The van der Waals surface area contributed by atoms with Crippen LogP contribution in [-0.2, 0) is 30.4 Å². The molecule has 224 valence electrons. The fourth-order valence-electron chi connectivity index (χ4n) is 5.01. The predicted octanol–water partition coefficient (Wildman–Crippen LogP) is -0.0772. The Balaban J connectivity index is 1.61. The first-order valence-corrected chi connectivity index (χ1v) is 13.7. The molecule has 42 heavy (non-hydrogen) atoms. The lowest BCUT2D eigenvalue weighted by molar-refractivity contribution is -0.134. The zero-order chi connectivity index (χ0) is 30.2. The van der Waals surface area contributed by atoms with E-state index in [9.17, 15) is 33.2 Å². The van der Waals surface area contributed by atoms with Gasteiger partial charge in [0.05, 0.1) is 6.04 Å². The Morgan fingerprint density at radius 3 is 2.60 bits per heavy atom. The van der Waals surface area contributed by atoms with E-state index in [4.69, 9.17) is 4.52 Å². The predicted molar refractivity (Wildman–Crippen MR) is 144 cm³/mol. The van der Waals surface area contributed by atoms with E-state index in [0.29, 0.717) is 37.0 Å². The lowest BCUT2D eigenvalue weighted by Gasteiger charge is -2.27. The molecule has 0 bridgehead atoms. The van der Waals surface area contributed by atoms with Gasteiger partial charge >= 0.3 is 0 Å². The van der Waals surface area contributed by atoms with Gasteiger partial charge in [0.25, 0.3) is 5.91 Å². The summed E-state index contributed by atoms with van der Waals surface area (Å²) in [4.78, 5) is 78.9. The fourth-order valence-corrected chi connectivity index (χ4v) is 5.01. The molecule has 13 nitrogen and oxygen atoms in total. The summed E-state index contributed by atoms with van der Waals surface area (Å²) in [6.45, 7) is 1.73. The Labute approximate surface area is 240 Å². The van der Waals surface area contributed by atoms with Crippen LogP contribution in [0.15, 0.2) is 34.9 Å². The SMILES string of the molecule is Cc1cc(C(=O)N[C@H]2CNC(=O)C[C@H]3CCCN3C(=O)CC[C@@H](C=O)NC(=O)[C@H](Cc3ccc(F)cc3)NC2=O)no1. The van der Waals surface area contributed by atoms with Gasteiger partial charge in [-0.05, 0) is 43.9 Å². The van der Waals surface area contributed by atoms with Crippen LogP contribution in [0, 0.1) is 12.7 Å². The summed E-state index contributed by atoms with van der Waals surface area (Å²) in [6.07, 6.45) is 1.77. The monoisotopic (exact) mass is 584 g/mol. The van der Waals surface area contributed by atoms with Gasteiger partial charge in [-0.1, -0.05) is 17.3 Å². The van der Waals surface area contributed by atoms with E-state index in [1.54, 1.807) is 11.8 Å². The van der Waals surface area contributed by atoms with Crippen LogP contribution < -0.4 is 21.3 Å². The molecule has 0 unspecified atom stereocenters. The number of hydrogen-bond acceptors (Lipinski definition) is 8. The molecule has 14 heteroatoms. The number of fused-ring (bicyclic) bond motifs is 1. The van der Waals surface area contributed by atoms with E-state index >= 15 is 0 Å². The van der Waals surface area contributed by atoms with Crippen LogP contribution in [0.1, 0.15) is 53.9 Å². The molecule has 0 spiro atoms. The lowest BCUT2D eigenvalue weighted by atomic mass is 10.0. The van der Waals surface area contributed by atoms with Crippen molar-refractivity contribution in [2.75, 3.05) is 13.1 Å². The van der Waals surface area contributed by atoms with E-state index in [1.165, 1.54) is 30.3 Å². The normalized spacial score (nSPS) is 24.3. The summed E-state index contributed by atoms with van der Waals surface area (Å²) >= 11 is 0.